The highest BCUT2D eigenvalue weighted by molar-refractivity contribution is 5.72. The Morgan fingerprint density at radius 3 is 2.10 bits per heavy atom. The van der Waals surface area contributed by atoms with Gasteiger partial charge < -0.3 is 29.0 Å². The summed E-state index contributed by atoms with van der Waals surface area (Å²) >= 11 is 0. The lowest BCUT2D eigenvalue weighted by Crippen LogP contribution is -2.41. The van der Waals surface area contributed by atoms with Gasteiger partial charge >= 0.3 is 24.3 Å². The topological polar surface area (TPSA) is 94.5 Å². The van der Waals surface area contributed by atoms with Crippen LogP contribution in [0.5, 0.6) is 11.5 Å². The fourth-order valence-corrected chi connectivity index (χ4v) is 3.13. The van der Waals surface area contributed by atoms with Gasteiger partial charge in [-0.3, -0.25) is 0 Å². The number of hydrogen-bond acceptors (Lipinski definition) is 6. The Balaban J connectivity index is 1.95. The lowest BCUT2D eigenvalue weighted by molar-refractivity contribution is -0.391. The number of rotatable bonds is 15. The van der Waals surface area contributed by atoms with Crippen molar-refractivity contribution in [2.75, 3.05) is 32.9 Å². The molecule has 0 bridgehead atoms. The number of carbonyl (C=O) groups excluding carboxylic acids is 1. The Bertz CT molecular complexity index is 1050. The number of carboxylic acids is 1. The predicted molar refractivity (Wildman–Crippen MR) is 124 cm³/mol. The second kappa shape index (κ2) is 14.6. The van der Waals surface area contributed by atoms with Crippen LogP contribution in [0.2, 0.25) is 0 Å². The largest absolute Gasteiger partial charge is 0.492 e. The van der Waals surface area contributed by atoms with Gasteiger partial charge in [-0.15, -0.1) is 0 Å². The monoisotopic (exact) mass is 567 g/mol. The number of carboxylic acid groups (broad SMARTS) is 1. The summed E-state index contributed by atoms with van der Waals surface area (Å²) in [5.74, 6) is -1.33. The van der Waals surface area contributed by atoms with Crippen LogP contribution in [0.4, 0.5) is 31.1 Å². The molecule has 1 N–H and O–H groups in total. The number of ether oxygens (including phenoxy) is 4. The molecule has 39 heavy (non-hydrogen) atoms. The van der Waals surface area contributed by atoms with Crippen molar-refractivity contribution in [1.29, 1.82) is 0 Å². The molecule has 0 radical (unpaired) electrons. The minimum absolute atomic E-state index is 0.0190. The SMILES string of the molecule is CCOC(Cc1ccc(OCCN(CCCOC(F)(F)C(F)(F)F)C(=O)Oc2ccc(F)cc2)cc1)C(=O)O. The molecule has 0 aliphatic heterocycles. The summed E-state index contributed by atoms with van der Waals surface area (Å²) in [6.45, 7) is 0.321. The normalized spacial score (nSPS) is 12.6. The van der Waals surface area contributed by atoms with Crippen LogP contribution in [-0.4, -0.2) is 73.4 Å². The van der Waals surface area contributed by atoms with Gasteiger partial charge in [0.05, 0.1) is 13.2 Å². The van der Waals surface area contributed by atoms with E-state index in [0.29, 0.717) is 11.3 Å². The molecule has 1 unspecified atom stereocenters. The number of carbonyl (C=O) groups is 2. The van der Waals surface area contributed by atoms with E-state index >= 15 is 0 Å². The number of hydrogen-bond donors (Lipinski definition) is 1. The van der Waals surface area contributed by atoms with Gasteiger partial charge in [-0.2, -0.15) is 22.0 Å². The van der Waals surface area contributed by atoms with Gasteiger partial charge in [0.1, 0.15) is 23.9 Å². The molecule has 0 aliphatic rings. The Labute approximate surface area is 220 Å². The molecular formula is C25H27F6NO7. The molecule has 2 aromatic carbocycles. The molecule has 0 aliphatic carbocycles. The van der Waals surface area contributed by atoms with Crippen LogP contribution in [0.25, 0.3) is 0 Å². The van der Waals surface area contributed by atoms with Crippen molar-refractivity contribution in [3.8, 4) is 11.5 Å². The minimum atomic E-state index is -5.88. The first-order valence-electron chi connectivity index (χ1n) is 11.7. The third kappa shape index (κ3) is 10.6. The van der Waals surface area contributed by atoms with Crippen molar-refractivity contribution in [1.82, 2.24) is 4.90 Å². The molecule has 0 heterocycles. The number of benzene rings is 2. The molecule has 0 saturated heterocycles. The Morgan fingerprint density at radius 1 is 0.923 bits per heavy atom. The zero-order chi connectivity index (χ0) is 29.1. The maximum atomic E-state index is 13.1. The lowest BCUT2D eigenvalue weighted by atomic mass is 10.1. The van der Waals surface area contributed by atoms with E-state index in [2.05, 4.69) is 4.74 Å². The second-order valence-electron chi connectivity index (χ2n) is 8.00. The van der Waals surface area contributed by atoms with Gasteiger partial charge in [-0.05, 0) is 55.3 Å². The van der Waals surface area contributed by atoms with Crippen molar-refractivity contribution in [3.63, 3.8) is 0 Å². The minimum Gasteiger partial charge on any atom is -0.492 e. The van der Waals surface area contributed by atoms with Crippen molar-refractivity contribution in [2.24, 2.45) is 0 Å². The molecular weight excluding hydrogens is 540 g/mol. The highest BCUT2D eigenvalue weighted by Crippen LogP contribution is 2.36. The summed E-state index contributed by atoms with van der Waals surface area (Å²) in [5.41, 5.74) is 0.670. The maximum Gasteiger partial charge on any atom is 0.482 e. The third-order valence-electron chi connectivity index (χ3n) is 5.08. The predicted octanol–water partition coefficient (Wildman–Crippen LogP) is 5.30. The van der Waals surface area contributed by atoms with E-state index in [4.69, 9.17) is 14.2 Å². The van der Waals surface area contributed by atoms with Crippen molar-refractivity contribution in [2.45, 2.75) is 38.2 Å². The highest BCUT2D eigenvalue weighted by atomic mass is 19.4. The maximum absolute atomic E-state index is 13.1. The van der Waals surface area contributed by atoms with Crippen LogP contribution in [0.1, 0.15) is 18.9 Å². The number of amides is 1. The van der Waals surface area contributed by atoms with Gasteiger partial charge in [0.15, 0.2) is 6.10 Å². The van der Waals surface area contributed by atoms with E-state index < -0.39 is 42.9 Å². The van der Waals surface area contributed by atoms with Crippen LogP contribution >= 0.6 is 0 Å². The smallest absolute Gasteiger partial charge is 0.482 e. The first kappa shape index (κ1) is 31.7. The second-order valence-corrected chi connectivity index (χ2v) is 8.00. The van der Waals surface area contributed by atoms with Crippen molar-refractivity contribution < 1.29 is 60.0 Å². The first-order chi connectivity index (χ1) is 18.3. The molecule has 216 valence electrons. The summed E-state index contributed by atoms with van der Waals surface area (Å²) in [7, 11) is 0. The average molecular weight is 567 g/mol. The zero-order valence-electron chi connectivity index (χ0n) is 20.8. The molecule has 0 fully saturated rings. The van der Waals surface area contributed by atoms with Gasteiger partial charge in [-0.1, -0.05) is 12.1 Å². The van der Waals surface area contributed by atoms with Gasteiger partial charge in [0, 0.05) is 19.6 Å². The number of aliphatic carboxylic acids is 1. The van der Waals surface area contributed by atoms with Crippen molar-refractivity contribution in [3.05, 3.63) is 59.9 Å². The van der Waals surface area contributed by atoms with Crippen LogP contribution in [-0.2, 0) is 20.7 Å². The van der Waals surface area contributed by atoms with E-state index in [1.807, 2.05) is 0 Å². The Morgan fingerprint density at radius 2 is 1.54 bits per heavy atom. The quantitative estimate of drug-likeness (QED) is 0.231. The molecule has 14 heteroatoms. The van der Waals surface area contributed by atoms with Gasteiger partial charge in [0.2, 0.25) is 0 Å². The molecule has 0 aromatic heterocycles. The fraction of sp³-hybridized carbons (Fsp3) is 0.440. The van der Waals surface area contributed by atoms with E-state index in [1.165, 1.54) is 12.1 Å². The van der Waals surface area contributed by atoms with Crippen LogP contribution in [0.15, 0.2) is 48.5 Å². The Hall–Kier alpha value is -3.52. The van der Waals surface area contributed by atoms with Crippen LogP contribution < -0.4 is 9.47 Å². The standard InChI is InChI=1S/C25H27F6NO7/c1-2-36-21(22(33)34)16-17-4-8-19(9-5-17)37-15-13-32(12-3-14-38-25(30,31)24(27,28)29)23(35)39-20-10-6-18(26)7-11-20/h4-11,21H,2-3,12-16H2,1H3,(H,33,34). The summed E-state index contributed by atoms with van der Waals surface area (Å²) in [5, 5.41) is 9.19. The summed E-state index contributed by atoms with van der Waals surface area (Å²) in [6, 6.07) is 10.8. The number of halogens is 6. The van der Waals surface area contributed by atoms with Crippen LogP contribution in [0.3, 0.4) is 0 Å². The molecule has 2 rings (SSSR count). The summed E-state index contributed by atoms with van der Waals surface area (Å²) in [6.07, 6.45) is -13.5. The van der Waals surface area contributed by atoms with Gasteiger partial charge in [-0.25, -0.2) is 14.0 Å². The van der Waals surface area contributed by atoms with E-state index in [-0.39, 0.29) is 44.9 Å². The van der Waals surface area contributed by atoms with Gasteiger partial charge in [0.25, 0.3) is 0 Å². The summed E-state index contributed by atoms with van der Waals surface area (Å²) in [4.78, 5) is 24.8. The molecule has 8 nitrogen and oxygen atoms in total. The highest BCUT2D eigenvalue weighted by Gasteiger charge is 2.59. The molecule has 1 atom stereocenters. The zero-order valence-corrected chi connectivity index (χ0v) is 20.8. The average Bonchev–Trinajstić information content (AvgIpc) is 2.86. The molecule has 0 spiro atoms. The number of nitrogens with zero attached hydrogens (tertiary/aromatic N) is 1. The van der Waals surface area contributed by atoms with E-state index in [0.717, 1.165) is 17.0 Å². The number of alkyl halides is 5. The van der Waals surface area contributed by atoms with Crippen molar-refractivity contribution >= 4 is 12.1 Å². The van der Waals surface area contributed by atoms with Crippen LogP contribution in [0, 0.1) is 5.82 Å². The fourth-order valence-electron chi connectivity index (χ4n) is 3.13. The molecule has 0 saturated carbocycles. The molecule has 1 amide bonds. The van der Waals surface area contributed by atoms with E-state index in [9.17, 15) is 41.0 Å². The summed E-state index contributed by atoms with van der Waals surface area (Å²) < 4.78 is 95.3. The van der Waals surface area contributed by atoms with E-state index in [1.54, 1.807) is 31.2 Å². The third-order valence-corrected chi connectivity index (χ3v) is 5.08. The molecule has 2 aromatic rings. The lowest BCUT2D eigenvalue weighted by Gasteiger charge is -2.23. The first-order valence-corrected chi connectivity index (χ1v) is 11.7. The Kier molecular flexibility index (Phi) is 11.9.